The fourth-order valence-electron chi connectivity index (χ4n) is 4.20. The largest absolute Gasteiger partial charge is 0.354 e. The summed E-state index contributed by atoms with van der Waals surface area (Å²) in [5, 5.41) is 2.80. The number of benzene rings is 3. The zero-order valence-electron chi connectivity index (χ0n) is 23.1. The van der Waals surface area contributed by atoms with Gasteiger partial charge in [0.15, 0.2) is 0 Å². The Kier molecular flexibility index (Phi) is 9.86. The quantitative estimate of drug-likeness (QED) is 0.366. The molecule has 0 aliphatic carbocycles. The summed E-state index contributed by atoms with van der Waals surface area (Å²) < 4.78 is 42.5. The maximum atomic E-state index is 13.9. The lowest BCUT2D eigenvalue weighted by Crippen LogP contribution is -2.51. The van der Waals surface area contributed by atoms with Crippen LogP contribution in [0.3, 0.4) is 0 Å². The summed E-state index contributed by atoms with van der Waals surface area (Å²) in [6, 6.07) is 16.5. The van der Waals surface area contributed by atoms with E-state index in [1.165, 1.54) is 41.3 Å². The molecule has 3 aromatic carbocycles. The van der Waals surface area contributed by atoms with E-state index >= 15 is 0 Å². The van der Waals surface area contributed by atoms with Gasteiger partial charge in [-0.25, -0.2) is 12.8 Å². The fraction of sp³-hybridized carbons (Fsp3) is 0.333. The van der Waals surface area contributed by atoms with E-state index in [1.807, 2.05) is 26.8 Å². The van der Waals surface area contributed by atoms with E-state index in [4.69, 9.17) is 0 Å². The van der Waals surface area contributed by atoms with Crippen LogP contribution in [-0.4, -0.2) is 44.3 Å². The van der Waals surface area contributed by atoms with Gasteiger partial charge < -0.3 is 10.2 Å². The monoisotopic (exact) mass is 553 g/mol. The SMILES string of the molecule is CCCNC(=O)C(C)N(Cc1ccc(F)cc1)C(=O)CN(c1ccc(C)cc1C)S(=O)(=O)c1ccc(C)cc1. The normalized spacial score (nSPS) is 12.1. The zero-order chi connectivity index (χ0) is 28.7. The summed E-state index contributed by atoms with van der Waals surface area (Å²) in [4.78, 5) is 28.2. The van der Waals surface area contributed by atoms with E-state index < -0.39 is 34.3 Å². The number of anilines is 1. The molecule has 0 radical (unpaired) electrons. The Morgan fingerprint density at radius 3 is 2.13 bits per heavy atom. The number of nitrogens with one attached hydrogen (secondary N) is 1. The smallest absolute Gasteiger partial charge is 0.264 e. The van der Waals surface area contributed by atoms with Crippen molar-refractivity contribution in [2.45, 2.75) is 58.5 Å². The Morgan fingerprint density at radius 1 is 0.923 bits per heavy atom. The second kappa shape index (κ2) is 12.9. The molecule has 3 aromatic rings. The molecule has 3 rings (SSSR count). The predicted molar refractivity (Wildman–Crippen MR) is 151 cm³/mol. The summed E-state index contributed by atoms with van der Waals surface area (Å²) in [5.41, 5.74) is 3.53. The minimum Gasteiger partial charge on any atom is -0.354 e. The lowest BCUT2D eigenvalue weighted by molar-refractivity contribution is -0.139. The lowest BCUT2D eigenvalue weighted by atomic mass is 10.1. The predicted octanol–water partition coefficient (Wildman–Crippen LogP) is 4.89. The van der Waals surface area contributed by atoms with Crippen molar-refractivity contribution in [1.29, 1.82) is 0 Å². The number of carbonyl (C=O) groups is 2. The Balaban J connectivity index is 2.05. The van der Waals surface area contributed by atoms with Crippen molar-refractivity contribution in [1.82, 2.24) is 10.2 Å². The van der Waals surface area contributed by atoms with E-state index in [-0.39, 0.29) is 17.3 Å². The van der Waals surface area contributed by atoms with Crippen LogP contribution in [0.15, 0.2) is 71.6 Å². The van der Waals surface area contributed by atoms with Crippen molar-refractivity contribution >= 4 is 27.5 Å². The molecule has 2 amide bonds. The van der Waals surface area contributed by atoms with Gasteiger partial charge in [0.05, 0.1) is 10.6 Å². The molecule has 0 saturated heterocycles. The minimum absolute atomic E-state index is 0.00508. The first-order chi connectivity index (χ1) is 18.4. The van der Waals surface area contributed by atoms with Crippen LogP contribution in [0.4, 0.5) is 10.1 Å². The van der Waals surface area contributed by atoms with E-state index in [1.54, 1.807) is 38.1 Å². The van der Waals surface area contributed by atoms with Gasteiger partial charge in [-0.3, -0.25) is 13.9 Å². The van der Waals surface area contributed by atoms with Gasteiger partial charge in [-0.2, -0.15) is 0 Å². The molecular weight excluding hydrogens is 517 g/mol. The molecule has 1 atom stereocenters. The van der Waals surface area contributed by atoms with Crippen molar-refractivity contribution in [3.8, 4) is 0 Å². The number of halogens is 1. The maximum Gasteiger partial charge on any atom is 0.264 e. The summed E-state index contributed by atoms with van der Waals surface area (Å²) in [6.45, 7) is 9.01. The van der Waals surface area contributed by atoms with Crippen molar-refractivity contribution in [3.63, 3.8) is 0 Å². The first kappa shape index (κ1) is 29.8. The van der Waals surface area contributed by atoms with Crippen LogP contribution in [0.2, 0.25) is 0 Å². The third-order valence-electron chi connectivity index (χ3n) is 6.49. The number of carbonyl (C=O) groups excluding carboxylic acids is 2. The standard InChI is InChI=1S/C30H36FN3O4S/c1-6-17-32-30(36)24(5)33(19-25-10-12-26(31)13-11-25)29(35)20-34(28-16-9-22(3)18-23(28)4)39(37,38)27-14-7-21(2)8-15-27/h7-16,18,24H,6,17,19-20H2,1-5H3,(H,32,36). The summed E-state index contributed by atoms with van der Waals surface area (Å²) >= 11 is 0. The highest BCUT2D eigenvalue weighted by Crippen LogP contribution is 2.28. The minimum atomic E-state index is -4.14. The molecule has 0 aliphatic heterocycles. The Bertz CT molecular complexity index is 1410. The molecule has 0 fully saturated rings. The van der Waals surface area contributed by atoms with Crippen LogP contribution in [-0.2, 0) is 26.2 Å². The van der Waals surface area contributed by atoms with Crippen molar-refractivity contribution in [2.24, 2.45) is 0 Å². The number of rotatable bonds is 11. The molecule has 7 nitrogen and oxygen atoms in total. The van der Waals surface area contributed by atoms with Gasteiger partial charge in [-0.15, -0.1) is 0 Å². The maximum absolute atomic E-state index is 13.9. The highest BCUT2D eigenvalue weighted by atomic mass is 32.2. The van der Waals surface area contributed by atoms with Crippen LogP contribution in [0.25, 0.3) is 0 Å². The average Bonchev–Trinajstić information content (AvgIpc) is 2.90. The molecule has 0 aliphatic rings. The van der Waals surface area contributed by atoms with Crippen LogP contribution >= 0.6 is 0 Å². The summed E-state index contributed by atoms with van der Waals surface area (Å²) in [5.74, 6) is -1.34. The number of nitrogens with zero attached hydrogens (tertiary/aromatic N) is 2. The van der Waals surface area contributed by atoms with Gasteiger partial charge in [0.2, 0.25) is 11.8 Å². The molecule has 208 valence electrons. The molecule has 1 N–H and O–H groups in total. The summed E-state index contributed by atoms with van der Waals surface area (Å²) in [6.07, 6.45) is 0.722. The fourth-order valence-corrected chi connectivity index (χ4v) is 5.68. The van der Waals surface area contributed by atoms with Gasteiger partial charge in [-0.1, -0.05) is 54.4 Å². The van der Waals surface area contributed by atoms with E-state index in [2.05, 4.69) is 5.32 Å². The Morgan fingerprint density at radius 2 is 1.54 bits per heavy atom. The first-order valence-corrected chi connectivity index (χ1v) is 14.4. The van der Waals surface area contributed by atoms with Gasteiger partial charge >= 0.3 is 0 Å². The topological polar surface area (TPSA) is 86.8 Å². The highest BCUT2D eigenvalue weighted by molar-refractivity contribution is 7.92. The molecule has 9 heteroatoms. The van der Waals surface area contributed by atoms with E-state index in [0.717, 1.165) is 21.9 Å². The van der Waals surface area contributed by atoms with Crippen molar-refractivity contribution in [3.05, 3.63) is 94.8 Å². The third-order valence-corrected chi connectivity index (χ3v) is 8.27. The molecule has 0 spiro atoms. The van der Waals surface area contributed by atoms with Gasteiger partial charge in [0, 0.05) is 13.1 Å². The number of sulfonamides is 1. The zero-order valence-corrected chi connectivity index (χ0v) is 23.9. The van der Waals surface area contributed by atoms with Crippen molar-refractivity contribution in [2.75, 3.05) is 17.4 Å². The number of hydrogen-bond acceptors (Lipinski definition) is 4. The highest BCUT2D eigenvalue weighted by Gasteiger charge is 2.33. The summed E-state index contributed by atoms with van der Waals surface area (Å²) in [7, 11) is -4.14. The first-order valence-electron chi connectivity index (χ1n) is 12.9. The molecule has 0 bridgehead atoms. The van der Waals surface area contributed by atoms with E-state index in [9.17, 15) is 22.4 Å². The van der Waals surface area contributed by atoms with Crippen LogP contribution in [0, 0.1) is 26.6 Å². The van der Waals surface area contributed by atoms with Gasteiger partial charge in [0.1, 0.15) is 18.4 Å². The lowest BCUT2D eigenvalue weighted by Gasteiger charge is -2.32. The van der Waals surface area contributed by atoms with Gasteiger partial charge in [-0.05, 0) is 75.6 Å². The molecule has 0 heterocycles. The molecule has 1 unspecified atom stereocenters. The Labute approximate surface area is 230 Å². The molecule has 0 aromatic heterocycles. The third kappa shape index (κ3) is 7.44. The van der Waals surface area contributed by atoms with Crippen LogP contribution in [0.5, 0.6) is 0 Å². The number of hydrogen-bond donors (Lipinski definition) is 1. The second-order valence-corrected chi connectivity index (χ2v) is 11.6. The molecule has 39 heavy (non-hydrogen) atoms. The van der Waals surface area contributed by atoms with Crippen molar-refractivity contribution < 1.29 is 22.4 Å². The van der Waals surface area contributed by atoms with E-state index in [0.29, 0.717) is 23.4 Å². The Hall–Kier alpha value is -3.72. The average molecular weight is 554 g/mol. The number of aryl methyl sites for hydroxylation is 3. The molecule has 0 saturated carbocycles. The van der Waals surface area contributed by atoms with Gasteiger partial charge in [0.25, 0.3) is 10.0 Å². The molecular formula is C30H36FN3O4S. The number of amides is 2. The van der Waals surface area contributed by atoms with Crippen LogP contribution < -0.4 is 9.62 Å². The second-order valence-electron chi connectivity index (χ2n) is 9.73. The van der Waals surface area contributed by atoms with Crippen LogP contribution in [0.1, 0.15) is 42.5 Å².